The van der Waals surface area contributed by atoms with Crippen molar-refractivity contribution in [2.75, 3.05) is 38.2 Å². The average Bonchev–Trinajstić information content (AvgIpc) is 2.70. The Balaban J connectivity index is 1.54. The summed E-state index contributed by atoms with van der Waals surface area (Å²) in [4.78, 5) is 14.6. The quantitative estimate of drug-likeness (QED) is 0.765. The zero-order valence-electron chi connectivity index (χ0n) is 16.0. The van der Waals surface area contributed by atoms with E-state index in [0.29, 0.717) is 24.6 Å². The number of carbonyl (C=O) groups is 1. The summed E-state index contributed by atoms with van der Waals surface area (Å²) in [6.07, 6.45) is 0. The molecule has 1 aliphatic heterocycles. The molecule has 1 heterocycles. The number of nitrogens with zero attached hydrogens (tertiary/aromatic N) is 1. The lowest BCUT2D eigenvalue weighted by atomic mass is 10.1. The van der Waals surface area contributed by atoms with Crippen LogP contribution in [0.2, 0.25) is 0 Å². The third-order valence-electron chi connectivity index (χ3n) is 4.45. The van der Waals surface area contributed by atoms with Crippen LogP contribution in [0.3, 0.4) is 0 Å². The molecule has 2 aromatic carbocycles. The van der Waals surface area contributed by atoms with E-state index in [9.17, 15) is 9.18 Å². The highest BCUT2D eigenvalue weighted by Crippen LogP contribution is 2.25. The predicted octanol–water partition coefficient (Wildman–Crippen LogP) is 3.38. The topological polar surface area (TPSA) is 62.8 Å². The summed E-state index contributed by atoms with van der Waals surface area (Å²) >= 11 is 0. The summed E-state index contributed by atoms with van der Waals surface area (Å²) in [6, 6.07) is 11.8. The fourth-order valence-electron chi connectivity index (χ4n) is 3.08. The van der Waals surface area contributed by atoms with Crippen molar-refractivity contribution in [3.05, 3.63) is 59.4 Å². The molecule has 2 aromatic rings. The van der Waals surface area contributed by atoms with Crippen LogP contribution in [0, 0.1) is 5.82 Å². The molecule has 0 aliphatic carbocycles. The first-order valence-electron chi connectivity index (χ1n) is 9.49. The van der Waals surface area contributed by atoms with Gasteiger partial charge in [-0.1, -0.05) is 24.3 Å². The Bertz CT molecular complexity index is 794. The number of nitrogens with one attached hydrogen (secondary N) is 2. The molecule has 2 amide bonds. The Morgan fingerprint density at radius 1 is 1.18 bits per heavy atom. The number of halogens is 1. The van der Waals surface area contributed by atoms with Crippen LogP contribution in [0.4, 0.5) is 14.9 Å². The van der Waals surface area contributed by atoms with Gasteiger partial charge in [0.15, 0.2) is 0 Å². The van der Waals surface area contributed by atoms with Crippen molar-refractivity contribution in [3.63, 3.8) is 0 Å². The van der Waals surface area contributed by atoms with Gasteiger partial charge in [0.2, 0.25) is 0 Å². The third-order valence-corrected chi connectivity index (χ3v) is 4.45. The minimum Gasteiger partial charge on any atom is -0.492 e. The second kappa shape index (κ2) is 10.1. The predicted molar refractivity (Wildman–Crippen MR) is 106 cm³/mol. The number of carbonyl (C=O) groups excluding carboxylic acids is 1. The van der Waals surface area contributed by atoms with Gasteiger partial charge in [-0.05, 0) is 30.2 Å². The first kappa shape index (κ1) is 20.1. The zero-order chi connectivity index (χ0) is 19.8. The third kappa shape index (κ3) is 5.94. The van der Waals surface area contributed by atoms with Crippen molar-refractivity contribution >= 4 is 11.7 Å². The first-order chi connectivity index (χ1) is 13.6. The number of rotatable bonds is 7. The number of urea groups is 1. The molecule has 0 saturated carbocycles. The fourth-order valence-corrected chi connectivity index (χ4v) is 3.08. The number of anilines is 1. The summed E-state index contributed by atoms with van der Waals surface area (Å²) in [7, 11) is 0. The van der Waals surface area contributed by atoms with Gasteiger partial charge in [-0.3, -0.25) is 4.90 Å². The summed E-state index contributed by atoms with van der Waals surface area (Å²) in [5, 5.41) is 5.54. The lowest BCUT2D eigenvalue weighted by Gasteiger charge is -2.26. The Kier molecular flexibility index (Phi) is 7.22. The molecule has 28 heavy (non-hydrogen) atoms. The van der Waals surface area contributed by atoms with E-state index in [2.05, 4.69) is 27.7 Å². The maximum atomic E-state index is 13.4. The van der Waals surface area contributed by atoms with Gasteiger partial charge in [-0.15, -0.1) is 0 Å². The largest absolute Gasteiger partial charge is 0.492 e. The molecule has 1 fully saturated rings. The average molecular weight is 387 g/mol. The van der Waals surface area contributed by atoms with Crippen molar-refractivity contribution in [2.45, 2.75) is 20.0 Å². The molecule has 2 N–H and O–H groups in total. The fraction of sp³-hybridized carbons (Fsp3) is 0.381. The minimum atomic E-state index is -0.411. The van der Waals surface area contributed by atoms with Crippen LogP contribution in [0.25, 0.3) is 0 Å². The summed E-state index contributed by atoms with van der Waals surface area (Å²) in [6.45, 7) is 6.87. The van der Waals surface area contributed by atoms with E-state index >= 15 is 0 Å². The van der Waals surface area contributed by atoms with Gasteiger partial charge < -0.3 is 20.1 Å². The second-order valence-corrected chi connectivity index (χ2v) is 6.59. The highest BCUT2D eigenvalue weighted by molar-refractivity contribution is 5.90. The van der Waals surface area contributed by atoms with Crippen LogP contribution in [-0.4, -0.2) is 43.8 Å². The molecule has 3 rings (SSSR count). The molecule has 0 spiro atoms. The van der Waals surface area contributed by atoms with Crippen LogP contribution in [0.15, 0.2) is 42.5 Å². The minimum absolute atomic E-state index is 0.310. The van der Waals surface area contributed by atoms with Crippen LogP contribution in [0.5, 0.6) is 5.75 Å². The lowest BCUT2D eigenvalue weighted by molar-refractivity contribution is 0.0342. The Morgan fingerprint density at radius 3 is 2.75 bits per heavy atom. The van der Waals surface area contributed by atoms with Crippen molar-refractivity contribution in [2.24, 2.45) is 0 Å². The lowest BCUT2D eigenvalue weighted by Crippen LogP contribution is -2.35. The molecule has 0 radical (unpaired) electrons. The van der Waals surface area contributed by atoms with Gasteiger partial charge in [0.25, 0.3) is 0 Å². The smallest absolute Gasteiger partial charge is 0.319 e. The molecule has 0 unspecified atom stereocenters. The van der Waals surface area contributed by atoms with Crippen molar-refractivity contribution in [1.82, 2.24) is 10.2 Å². The van der Waals surface area contributed by atoms with E-state index in [1.807, 2.05) is 12.1 Å². The van der Waals surface area contributed by atoms with Gasteiger partial charge in [0.05, 0.1) is 25.5 Å². The van der Waals surface area contributed by atoms with Gasteiger partial charge >= 0.3 is 6.03 Å². The molecule has 1 saturated heterocycles. The molecule has 6 nitrogen and oxygen atoms in total. The number of hydrogen-bond donors (Lipinski definition) is 2. The van der Waals surface area contributed by atoms with E-state index in [4.69, 9.17) is 9.47 Å². The first-order valence-corrected chi connectivity index (χ1v) is 9.49. The maximum Gasteiger partial charge on any atom is 0.319 e. The Morgan fingerprint density at radius 2 is 1.96 bits per heavy atom. The standard InChI is InChI=1S/C21H26FN3O3/c1-2-28-20-13-18(22)6-7-19(20)24-21(26)23-14-16-4-3-5-17(12-16)15-25-8-10-27-11-9-25/h3-7,12-13H,2,8-11,14-15H2,1H3,(H2,23,24,26). The SMILES string of the molecule is CCOc1cc(F)ccc1NC(=O)NCc1cccc(CN2CCOCC2)c1. The molecule has 0 aromatic heterocycles. The molecular formula is C21H26FN3O3. The number of hydrogen-bond acceptors (Lipinski definition) is 4. The van der Waals surface area contributed by atoms with E-state index in [-0.39, 0.29) is 6.03 Å². The molecule has 0 bridgehead atoms. The number of amides is 2. The van der Waals surface area contributed by atoms with Gasteiger partial charge in [-0.2, -0.15) is 0 Å². The normalized spacial score (nSPS) is 14.5. The van der Waals surface area contributed by atoms with Crippen molar-refractivity contribution < 1.29 is 18.7 Å². The molecule has 7 heteroatoms. The number of ether oxygens (including phenoxy) is 2. The van der Waals surface area contributed by atoms with Gasteiger partial charge in [0, 0.05) is 32.2 Å². The number of morpholine rings is 1. The van der Waals surface area contributed by atoms with Gasteiger partial charge in [-0.25, -0.2) is 9.18 Å². The van der Waals surface area contributed by atoms with Crippen molar-refractivity contribution in [1.29, 1.82) is 0 Å². The highest BCUT2D eigenvalue weighted by atomic mass is 19.1. The second-order valence-electron chi connectivity index (χ2n) is 6.59. The summed E-state index contributed by atoms with van der Waals surface area (Å²) in [5.74, 6) is -0.100. The number of benzene rings is 2. The van der Waals surface area contributed by atoms with E-state index in [1.54, 1.807) is 6.92 Å². The van der Waals surface area contributed by atoms with Crippen LogP contribution >= 0.6 is 0 Å². The molecular weight excluding hydrogens is 361 g/mol. The molecule has 0 atom stereocenters. The van der Waals surface area contributed by atoms with E-state index in [0.717, 1.165) is 38.4 Å². The molecule has 1 aliphatic rings. The van der Waals surface area contributed by atoms with E-state index < -0.39 is 5.82 Å². The monoisotopic (exact) mass is 387 g/mol. The highest BCUT2D eigenvalue weighted by Gasteiger charge is 2.12. The molecule has 150 valence electrons. The zero-order valence-corrected chi connectivity index (χ0v) is 16.0. The Labute approximate surface area is 164 Å². The van der Waals surface area contributed by atoms with Crippen LogP contribution in [-0.2, 0) is 17.8 Å². The summed E-state index contributed by atoms with van der Waals surface area (Å²) in [5.41, 5.74) is 2.66. The maximum absolute atomic E-state index is 13.4. The van der Waals surface area contributed by atoms with Crippen LogP contribution < -0.4 is 15.4 Å². The van der Waals surface area contributed by atoms with Gasteiger partial charge in [0.1, 0.15) is 11.6 Å². The van der Waals surface area contributed by atoms with Crippen LogP contribution in [0.1, 0.15) is 18.1 Å². The van der Waals surface area contributed by atoms with Crippen molar-refractivity contribution in [3.8, 4) is 5.75 Å². The Hall–Kier alpha value is -2.64. The van der Waals surface area contributed by atoms with E-state index in [1.165, 1.54) is 23.8 Å². The summed E-state index contributed by atoms with van der Waals surface area (Å²) < 4.78 is 24.1.